The van der Waals surface area contributed by atoms with Crippen LogP contribution in [0.3, 0.4) is 0 Å². The molecule has 0 aromatic heterocycles. The predicted molar refractivity (Wildman–Crippen MR) is 122 cm³/mol. The van der Waals surface area contributed by atoms with E-state index in [1.807, 2.05) is 44.2 Å². The summed E-state index contributed by atoms with van der Waals surface area (Å²) in [5.41, 5.74) is 8.04. The summed E-state index contributed by atoms with van der Waals surface area (Å²) in [4.78, 5) is 35.7. The standard InChI is InChI=1S/C23H36N4O5/c1-16(2)27(26-22(31)32-23(3,4)5)21(25-20(30)13-9-12-19(24)29)18(28)15-14-17-10-7-6-8-11-17/h6-11,13,16,18,21,28H,12,14-15H2,1-5H3,(H2,24,29)(H,25,30)(H,26,31)/t18-,21?/m0/s1. The molecule has 0 saturated carbocycles. The van der Waals surface area contributed by atoms with Crippen molar-refractivity contribution in [2.75, 3.05) is 0 Å². The highest BCUT2D eigenvalue weighted by Crippen LogP contribution is 2.13. The van der Waals surface area contributed by atoms with Crippen LogP contribution in [0, 0.1) is 0 Å². The number of hydrogen-bond donors (Lipinski definition) is 4. The maximum absolute atomic E-state index is 12.4. The first kappa shape index (κ1) is 27.1. The number of nitrogens with zero attached hydrogens (tertiary/aromatic N) is 1. The van der Waals surface area contributed by atoms with Crippen molar-refractivity contribution in [1.82, 2.24) is 15.8 Å². The Morgan fingerprint density at radius 2 is 1.81 bits per heavy atom. The average molecular weight is 449 g/mol. The van der Waals surface area contributed by atoms with E-state index in [4.69, 9.17) is 10.5 Å². The summed E-state index contributed by atoms with van der Waals surface area (Å²) < 4.78 is 5.32. The zero-order chi connectivity index (χ0) is 24.3. The van der Waals surface area contributed by atoms with Crippen LogP contribution in [0.4, 0.5) is 4.79 Å². The van der Waals surface area contributed by atoms with Crippen molar-refractivity contribution in [3.8, 4) is 0 Å². The molecule has 0 fully saturated rings. The lowest BCUT2D eigenvalue weighted by atomic mass is 10.0. The molecule has 9 heteroatoms. The van der Waals surface area contributed by atoms with Crippen LogP contribution in [0.5, 0.6) is 0 Å². The number of aryl methyl sites for hydroxylation is 1. The Morgan fingerprint density at radius 3 is 2.34 bits per heavy atom. The zero-order valence-electron chi connectivity index (χ0n) is 19.5. The van der Waals surface area contributed by atoms with Gasteiger partial charge in [0.05, 0.1) is 6.10 Å². The van der Waals surface area contributed by atoms with Crippen LogP contribution in [0.15, 0.2) is 42.5 Å². The number of nitrogens with two attached hydrogens (primary N) is 1. The number of ether oxygens (including phenoxy) is 1. The van der Waals surface area contributed by atoms with Crippen LogP contribution in [0.1, 0.15) is 53.0 Å². The topological polar surface area (TPSA) is 134 Å². The van der Waals surface area contributed by atoms with E-state index in [1.54, 1.807) is 20.8 Å². The minimum atomic E-state index is -1.01. The number of nitrogens with one attached hydrogen (secondary N) is 2. The van der Waals surface area contributed by atoms with Gasteiger partial charge in [-0.25, -0.2) is 4.79 Å². The maximum atomic E-state index is 12.4. The van der Waals surface area contributed by atoms with Crippen molar-refractivity contribution in [1.29, 1.82) is 0 Å². The highest BCUT2D eigenvalue weighted by Gasteiger charge is 2.31. The summed E-state index contributed by atoms with van der Waals surface area (Å²) in [6.45, 7) is 8.84. The number of amides is 3. The minimum absolute atomic E-state index is 0.0846. The van der Waals surface area contributed by atoms with Gasteiger partial charge in [-0.3, -0.25) is 15.0 Å². The van der Waals surface area contributed by atoms with E-state index < -0.39 is 35.8 Å². The van der Waals surface area contributed by atoms with Gasteiger partial charge in [-0.1, -0.05) is 36.4 Å². The fourth-order valence-electron chi connectivity index (χ4n) is 2.87. The minimum Gasteiger partial charge on any atom is -0.443 e. The van der Waals surface area contributed by atoms with Gasteiger partial charge in [0.15, 0.2) is 0 Å². The normalized spacial score (nSPS) is 13.8. The summed E-state index contributed by atoms with van der Waals surface area (Å²) in [6, 6.07) is 9.35. The fourth-order valence-corrected chi connectivity index (χ4v) is 2.87. The van der Waals surface area contributed by atoms with Crippen molar-refractivity contribution in [2.45, 2.75) is 77.8 Å². The first-order chi connectivity index (χ1) is 14.9. The van der Waals surface area contributed by atoms with E-state index in [9.17, 15) is 19.5 Å². The van der Waals surface area contributed by atoms with E-state index in [1.165, 1.54) is 17.2 Å². The van der Waals surface area contributed by atoms with E-state index in [0.29, 0.717) is 12.8 Å². The highest BCUT2D eigenvalue weighted by atomic mass is 16.6. The molecule has 0 bridgehead atoms. The molecule has 2 atom stereocenters. The number of hydrazine groups is 1. The molecule has 0 aliphatic rings. The summed E-state index contributed by atoms with van der Waals surface area (Å²) in [5, 5.41) is 15.1. The van der Waals surface area contributed by atoms with E-state index in [2.05, 4.69) is 10.7 Å². The van der Waals surface area contributed by atoms with Gasteiger partial charge in [0.25, 0.3) is 0 Å². The quantitative estimate of drug-likeness (QED) is 0.232. The van der Waals surface area contributed by atoms with Crippen molar-refractivity contribution < 1.29 is 24.2 Å². The van der Waals surface area contributed by atoms with Gasteiger partial charge in [-0.05, 0) is 59.1 Å². The smallest absolute Gasteiger partial charge is 0.422 e. The number of rotatable bonds is 11. The van der Waals surface area contributed by atoms with Crippen molar-refractivity contribution in [3.63, 3.8) is 0 Å². The number of carbonyl (C=O) groups excluding carboxylic acids is 3. The Labute approximate surface area is 190 Å². The second-order valence-corrected chi connectivity index (χ2v) is 8.73. The molecular weight excluding hydrogens is 412 g/mol. The third-order valence-corrected chi connectivity index (χ3v) is 4.29. The lowest BCUT2D eigenvalue weighted by Crippen LogP contribution is -2.63. The summed E-state index contributed by atoms with van der Waals surface area (Å²) in [7, 11) is 0. The Hall–Kier alpha value is -2.91. The predicted octanol–water partition coefficient (Wildman–Crippen LogP) is 2.00. The Morgan fingerprint density at radius 1 is 1.19 bits per heavy atom. The SMILES string of the molecule is CC(C)N(NC(=O)OC(C)(C)C)C(NC(=O)C=CCC(N)=O)[C@@H](O)CCc1ccccc1. The largest absolute Gasteiger partial charge is 0.443 e. The fraction of sp³-hybridized carbons (Fsp3) is 0.522. The van der Waals surface area contributed by atoms with Crippen LogP contribution in [-0.2, 0) is 20.7 Å². The molecule has 9 nitrogen and oxygen atoms in total. The third kappa shape index (κ3) is 10.9. The van der Waals surface area contributed by atoms with Crippen LogP contribution in [0.25, 0.3) is 0 Å². The van der Waals surface area contributed by atoms with E-state index in [-0.39, 0.29) is 12.5 Å². The molecule has 0 radical (unpaired) electrons. The molecule has 1 rings (SSSR count). The molecule has 0 saturated heterocycles. The average Bonchev–Trinajstić information content (AvgIpc) is 2.67. The molecule has 32 heavy (non-hydrogen) atoms. The molecule has 1 aromatic carbocycles. The number of hydrogen-bond acceptors (Lipinski definition) is 6. The lowest BCUT2D eigenvalue weighted by Gasteiger charge is -2.38. The molecule has 1 unspecified atom stereocenters. The van der Waals surface area contributed by atoms with Gasteiger partial charge in [0.1, 0.15) is 11.8 Å². The number of aliphatic hydroxyl groups excluding tert-OH is 1. The molecule has 3 amide bonds. The first-order valence-electron chi connectivity index (χ1n) is 10.6. The number of benzene rings is 1. The van der Waals surface area contributed by atoms with Gasteiger partial charge in [-0.15, -0.1) is 0 Å². The summed E-state index contributed by atoms with van der Waals surface area (Å²) in [5.74, 6) is -1.10. The molecule has 0 spiro atoms. The summed E-state index contributed by atoms with van der Waals surface area (Å²) >= 11 is 0. The van der Waals surface area contributed by atoms with Crippen molar-refractivity contribution >= 4 is 17.9 Å². The molecule has 0 aliphatic carbocycles. The first-order valence-corrected chi connectivity index (χ1v) is 10.6. The molecule has 5 N–H and O–H groups in total. The lowest BCUT2D eigenvalue weighted by molar-refractivity contribution is -0.122. The Kier molecular flexibility index (Phi) is 10.9. The summed E-state index contributed by atoms with van der Waals surface area (Å²) in [6.07, 6.45) is 0.671. The maximum Gasteiger partial charge on any atom is 0.422 e. The second kappa shape index (κ2) is 12.8. The monoisotopic (exact) mass is 448 g/mol. The highest BCUT2D eigenvalue weighted by molar-refractivity contribution is 5.88. The third-order valence-electron chi connectivity index (χ3n) is 4.29. The molecular formula is C23H36N4O5. The van der Waals surface area contributed by atoms with Crippen molar-refractivity contribution in [2.24, 2.45) is 5.73 Å². The zero-order valence-corrected chi connectivity index (χ0v) is 19.5. The number of carbonyl (C=O) groups is 3. The van der Waals surface area contributed by atoms with E-state index in [0.717, 1.165) is 5.56 Å². The Bertz CT molecular complexity index is 774. The van der Waals surface area contributed by atoms with Gasteiger partial charge >= 0.3 is 6.09 Å². The van der Waals surface area contributed by atoms with Gasteiger partial charge in [-0.2, -0.15) is 5.01 Å². The number of primary amides is 1. The molecule has 1 aromatic rings. The molecule has 0 heterocycles. The van der Waals surface area contributed by atoms with Gasteiger partial charge in [0, 0.05) is 12.5 Å². The van der Waals surface area contributed by atoms with Crippen LogP contribution >= 0.6 is 0 Å². The van der Waals surface area contributed by atoms with Crippen LogP contribution in [-0.4, -0.2) is 51.9 Å². The number of aliphatic hydroxyl groups is 1. The van der Waals surface area contributed by atoms with Gasteiger partial charge < -0.3 is 20.9 Å². The van der Waals surface area contributed by atoms with Crippen LogP contribution in [0.2, 0.25) is 0 Å². The van der Waals surface area contributed by atoms with Gasteiger partial charge in [0.2, 0.25) is 11.8 Å². The van der Waals surface area contributed by atoms with Crippen molar-refractivity contribution in [3.05, 3.63) is 48.0 Å². The second-order valence-electron chi connectivity index (χ2n) is 8.73. The van der Waals surface area contributed by atoms with Crippen LogP contribution < -0.4 is 16.5 Å². The molecule has 178 valence electrons. The molecule has 0 aliphatic heterocycles. The van der Waals surface area contributed by atoms with E-state index >= 15 is 0 Å². The Balaban J connectivity index is 3.02.